The van der Waals surface area contributed by atoms with Gasteiger partial charge in [0, 0.05) is 49.7 Å². The third-order valence-electron chi connectivity index (χ3n) is 11.2. The van der Waals surface area contributed by atoms with Gasteiger partial charge in [-0.15, -0.1) is 0 Å². The van der Waals surface area contributed by atoms with E-state index in [0.29, 0.717) is 0 Å². The summed E-state index contributed by atoms with van der Waals surface area (Å²) in [7, 11) is 0. The zero-order valence-corrected chi connectivity index (χ0v) is 28.6. The van der Waals surface area contributed by atoms with Gasteiger partial charge in [-0.1, -0.05) is 115 Å². The third-order valence-corrected chi connectivity index (χ3v) is 11.2. The van der Waals surface area contributed by atoms with E-state index in [4.69, 9.17) is 4.42 Å². The van der Waals surface area contributed by atoms with Gasteiger partial charge in [-0.2, -0.15) is 0 Å². The number of benzene rings is 10. The first-order valence-electron chi connectivity index (χ1n) is 18.2. The Balaban J connectivity index is 1.12. The molecule has 0 saturated heterocycles. The minimum Gasteiger partial charge on any atom is -0.456 e. The quantitative estimate of drug-likeness (QED) is 0.134. The maximum absolute atomic E-state index is 6.27. The smallest absolute Gasteiger partial charge is 0.135 e. The van der Waals surface area contributed by atoms with Gasteiger partial charge in [0.2, 0.25) is 0 Å². The number of para-hydroxylation sites is 1. The summed E-state index contributed by atoms with van der Waals surface area (Å²) in [4.78, 5) is 2.38. The lowest BCUT2D eigenvalue weighted by Crippen LogP contribution is -2.10. The number of fused-ring (bicyclic) bond motifs is 4. The van der Waals surface area contributed by atoms with Crippen molar-refractivity contribution in [1.82, 2.24) is 4.57 Å². The van der Waals surface area contributed by atoms with Crippen molar-refractivity contribution in [1.29, 1.82) is 0 Å². The van der Waals surface area contributed by atoms with E-state index in [2.05, 4.69) is 179 Å². The predicted molar refractivity (Wildman–Crippen MR) is 223 cm³/mol. The molecule has 0 aliphatic carbocycles. The third kappa shape index (κ3) is 4.05. The number of hydrogen-bond donors (Lipinski definition) is 0. The predicted octanol–water partition coefficient (Wildman–Crippen LogP) is 14.2. The monoisotopic (exact) mass is 674 g/mol. The van der Waals surface area contributed by atoms with Crippen LogP contribution in [0.15, 0.2) is 186 Å². The van der Waals surface area contributed by atoms with E-state index >= 15 is 0 Å². The summed E-state index contributed by atoms with van der Waals surface area (Å²) in [6, 6.07) is 66.0. The van der Waals surface area contributed by atoms with Crippen molar-refractivity contribution >= 4 is 93.1 Å². The second-order valence-electron chi connectivity index (χ2n) is 14.1. The lowest BCUT2D eigenvalue weighted by atomic mass is 9.89. The van der Waals surface area contributed by atoms with Gasteiger partial charge >= 0.3 is 0 Å². The first kappa shape index (κ1) is 28.6. The summed E-state index contributed by atoms with van der Waals surface area (Å²) in [5.41, 5.74) is 10.9. The standard InChI is InChI=1S/C50H30N2O/c1-2-10-31(11-3-1)34-13-6-14-35(28-34)51(38-25-27-46-42(30-38)39-17-4-5-21-45(39)53-46)36-15-8-16-37(29-36)52-43-20-9-19-41-40-18-7-12-32-22-23-33-24-26-44(52)50(49(41)43)48(33)47(32)40/h1-30H. The average molecular weight is 675 g/mol. The van der Waals surface area contributed by atoms with Gasteiger partial charge in [0.1, 0.15) is 11.2 Å². The fourth-order valence-electron chi connectivity index (χ4n) is 9.00. The molecule has 0 unspecified atom stereocenters. The molecule has 3 nitrogen and oxygen atoms in total. The molecule has 246 valence electrons. The fourth-order valence-corrected chi connectivity index (χ4v) is 9.00. The Morgan fingerprint density at radius 3 is 1.91 bits per heavy atom. The normalized spacial score (nSPS) is 12.2. The van der Waals surface area contributed by atoms with Crippen molar-refractivity contribution in [3.63, 3.8) is 0 Å². The van der Waals surface area contributed by atoms with Crippen molar-refractivity contribution in [2.75, 3.05) is 4.90 Å². The molecule has 3 heteroatoms. The largest absolute Gasteiger partial charge is 0.456 e. The summed E-state index contributed by atoms with van der Waals surface area (Å²) in [5.74, 6) is 0. The Labute approximate surface area is 304 Å². The van der Waals surface area contributed by atoms with Crippen molar-refractivity contribution in [3.05, 3.63) is 182 Å². The molecule has 0 saturated carbocycles. The van der Waals surface area contributed by atoms with Crippen LogP contribution < -0.4 is 4.90 Å². The van der Waals surface area contributed by atoms with Crippen LogP contribution in [0.2, 0.25) is 0 Å². The average Bonchev–Trinajstić information content (AvgIpc) is 3.77. The van der Waals surface area contributed by atoms with Gasteiger partial charge in [-0.25, -0.2) is 0 Å². The molecule has 0 N–H and O–H groups in total. The minimum absolute atomic E-state index is 0.885. The molecule has 53 heavy (non-hydrogen) atoms. The van der Waals surface area contributed by atoms with Crippen molar-refractivity contribution in [2.24, 2.45) is 0 Å². The van der Waals surface area contributed by atoms with Crippen LogP contribution >= 0.6 is 0 Å². The van der Waals surface area contributed by atoms with E-state index in [1.165, 1.54) is 65.3 Å². The maximum Gasteiger partial charge on any atom is 0.135 e. The van der Waals surface area contributed by atoms with E-state index < -0.39 is 0 Å². The van der Waals surface area contributed by atoms with Crippen LogP contribution in [0.4, 0.5) is 17.1 Å². The molecule has 0 amide bonds. The Hall–Kier alpha value is -7.10. The van der Waals surface area contributed by atoms with Crippen LogP contribution in [0.1, 0.15) is 0 Å². The van der Waals surface area contributed by atoms with Crippen LogP contribution in [-0.2, 0) is 0 Å². The number of aromatic nitrogens is 1. The number of anilines is 3. The summed E-state index contributed by atoms with van der Waals surface area (Å²) in [6.45, 7) is 0. The number of hydrogen-bond acceptors (Lipinski definition) is 2. The molecule has 0 aliphatic rings. The Morgan fingerprint density at radius 1 is 0.358 bits per heavy atom. The van der Waals surface area contributed by atoms with Crippen molar-refractivity contribution in [3.8, 4) is 16.8 Å². The first-order valence-corrected chi connectivity index (χ1v) is 18.2. The summed E-state index contributed by atoms with van der Waals surface area (Å²) >= 11 is 0. The van der Waals surface area contributed by atoms with Crippen molar-refractivity contribution in [2.45, 2.75) is 0 Å². The zero-order valence-electron chi connectivity index (χ0n) is 28.6. The van der Waals surface area contributed by atoms with Gasteiger partial charge in [-0.05, 0) is 105 Å². The SMILES string of the molecule is c1ccc(-c2cccc(N(c3cccc(-n4c5cccc6c7cccc8ccc9ccc4c(c9c87)c65)c3)c3ccc4oc5ccccc5c4c3)c2)cc1. The Kier molecular flexibility index (Phi) is 5.77. The number of furan rings is 1. The highest BCUT2D eigenvalue weighted by atomic mass is 16.3. The van der Waals surface area contributed by atoms with E-state index in [0.717, 1.165) is 44.7 Å². The highest BCUT2D eigenvalue weighted by Gasteiger charge is 2.23. The van der Waals surface area contributed by atoms with Crippen LogP contribution in [0.3, 0.4) is 0 Å². The molecular formula is C50H30N2O. The zero-order chi connectivity index (χ0) is 34.6. The van der Waals surface area contributed by atoms with Gasteiger partial charge in [0.15, 0.2) is 0 Å². The summed E-state index contributed by atoms with van der Waals surface area (Å²) in [5, 5.41) is 12.8. The summed E-state index contributed by atoms with van der Waals surface area (Å²) < 4.78 is 8.73. The van der Waals surface area contributed by atoms with E-state index in [-0.39, 0.29) is 0 Å². The van der Waals surface area contributed by atoms with Crippen LogP contribution in [-0.4, -0.2) is 4.57 Å². The van der Waals surface area contributed by atoms with E-state index in [9.17, 15) is 0 Å². The molecule has 0 bridgehead atoms. The fraction of sp³-hybridized carbons (Fsp3) is 0. The van der Waals surface area contributed by atoms with Crippen LogP contribution in [0.25, 0.3) is 92.9 Å². The van der Waals surface area contributed by atoms with Gasteiger partial charge < -0.3 is 13.9 Å². The maximum atomic E-state index is 6.27. The second kappa shape index (κ2) is 10.7. The topological polar surface area (TPSA) is 21.3 Å². The number of nitrogens with zero attached hydrogens (tertiary/aromatic N) is 2. The van der Waals surface area contributed by atoms with E-state index in [1.54, 1.807) is 0 Å². The van der Waals surface area contributed by atoms with E-state index in [1.807, 2.05) is 12.1 Å². The first-order chi connectivity index (χ1) is 26.3. The highest BCUT2D eigenvalue weighted by Crippen LogP contribution is 2.48. The van der Waals surface area contributed by atoms with Gasteiger partial charge in [0.25, 0.3) is 0 Å². The lowest BCUT2D eigenvalue weighted by Gasteiger charge is -2.27. The molecule has 12 aromatic rings. The molecule has 2 aromatic heterocycles. The molecule has 2 heterocycles. The molecule has 10 aromatic carbocycles. The molecule has 0 aliphatic heterocycles. The Morgan fingerprint density at radius 2 is 1.00 bits per heavy atom. The molecule has 0 radical (unpaired) electrons. The van der Waals surface area contributed by atoms with Crippen LogP contribution in [0, 0.1) is 0 Å². The molecule has 0 fully saturated rings. The van der Waals surface area contributed by atoms with Gasteiger partial charge in [0.05, 0.1) is 11.0 Å². The summed E-state index contributed by atoms with van der Waals surface area (Å²) in [6.07, 6.45) is 0. The van der Waals surface area contributed by atoms with Crippen LogP contribution in [0.5, 0.6) is 0 Å². The lowest BCUT2D eigenvalue weighted by molar-refractivity contribution is 0.669. The number of rotatable bonds is 5. The minimum atomic E-state index is 0.885. The molecular weight excluding hydrogens is 645 g/mol. The molecule has 0 spiro atoms. The molecule has 12 rings (SSSR count). The van der Waals surface area contributed by atoms with Gasteiger partial charge in [-0.3, -0.25) is 0 Å². The van der Waals surface area contributed by atoms with Crippen molar-refractivity contribution < 1.29 is 4.42 Å². The highest BCUT2D eigenvalue weighted by molar-refractivity contribution is 6.40. The second-order valence-corrected chi connectivity index (χ2v) is 14.1. The Bertz CT molecular complexity index is 3350. The molecule has 0 atom stereocenters.